The first-order valence-electron chi connectivity index (χ1n) is 15.0. The maximum atomic E-state index is 2.36. The Morgan fingerprint density at radius 3 is 0.795 bits per heavy atom. The van der Waals surface area contributed by atoms with Gasteiger partial charge in [-0.05, 0) is 82.9 Å². The van der Waals surface area contributed by atoms with Crippen molar-refractivity contribution in [2.24, 2.45) is 0 Å². The lowest BCUT2D eigenvalue weighted by atomic mass is 10.0. The number of hydrogen-bond acceptors (Lipinski definition) is 2. The molecule has 0 saturated carbocycles. The third-order valence-electron chi connectivity index (χ3n) is 7.86. The van der Waals surface area contributed by atoms with Gasteiger partial charge in [0.25, 0.3) is 0 Å². The summed E-state index contributed by atoms with van der Waals surface area (Å²) < 4.78 is 0. The minimum Gasteiger partial charge on any atom is -0.308 e. The third-order valence-corrected chi connectivity index (χ3v) is 7.86. The van der Waals surface area contributed by atoms with E-state index in [1.165, 1.54) is 22.3 Å². The summed E-state index contributed by atoms with van der Waals surface area (Å²) in [4.78, 5) is 4.69. The molecule has 7 rings (SSSR count). The molecule has 0 N–H and O–H groups in total. The topological polar surface area (TPSA) is 6.48 Å². The molecule has 210 valence electrons. The molecule has 0 saturated heterocycles. The van der Waals surface area contributed by atoms with Gasteiger partial charge in [0.15, 0.2) is 0 Å². The zero-order valence-electron chi connectivity index (χ0n) is 24.4. The van der Waals surface area contributed by atoms with E-state index in [0.29, 0.717) is 0 Å². The smallest absolute Gasteiger partial charge is 0.0702 e. The van der Waals surface area contributed by atoms with Crippen molar-refractivity contribution >= 4 is 34.1 Å². The van der Waals surface area contributed by atoms with Crippen molar-refractivity contribution in [3.63, 3.8) is 0 Å². The number of hydrogen-bond donors (Lipinski definition) is 0. The Kier molecular flexibility index (Phi) is 7.71. The van der Waals surface area contributed by atoms with E-state index < -0.39 is 0 Å². The fraction of sp³-hybridized carbons (Fsp3) is 0. The monoisotopic (exact) mass is 564 g/mol. The Hall–Kier alpha value is -5.86. The molecule has 7 aromatic carbocycles. The van der Waals surface area contributed by atoms with Gasteiger partial charge in [-0.25, -0.2) is 0 Å². The van der Waals surface area contributed by atoms with Crippen molar-refractivity contribution in [1.82, 2.24) is 0 Å². The first-order chi connectivity index (χ1) is 21.8. The molecular weight excluding hydrogens is 532 g/mol. The van der Waals surface area contributed by atoms with Crippen molar-refractivity contribution in [3.05, 3.63) is 194 Å². The van der Waals surface area contributed by atoms with Crippen molar-refractivity contribution in [3.8, 4) is 22.3 Å². The fourth-order valence-corrected chi connectivity index (χ4v) is 5.72. The largest absolute Gasteiger partial charge is 0.308 e. The number of rotatable bonds is 8. The average Bonchev–Trinajstić information content (AvgIpc) is 3.11. The predicted octanol–water partition coefficient (Wildman–Crippen LogP) is 12.0. The van der Waals surface area contributed by atoms with Gasteiger partial charge in [0.05, 0.1) is 11.4 Å². The Labute approximate surface area is 259 Å². The molecule has 0 unspecified atom stereocenters. The van der Waals surface area contributed by atoms with Crippen LogP contribution in [0.15, 0.2) is 194 Å². The van der Waals surface area contributed by atoms with E-state index in [4.69, 9.17) is 0 Å². The average molecular weight is 565 g/mol. The molecule has 0 spiro atoms. The van der Waals surface area contributed by atoms with Gasteiger partial charge in [0, 0.05) is 22.7 Å². The van der Waals surface area contributed by atoms with Crippen LogP contribution in [0.3, 0.4) is 0 Å². The van der Waals surface area contributed by atoms with E-state index in [2.05, 4.69) is 204 Å². The van der Waals surface area contributed by atoms with Gasteiger partial charge in [-0.15, -0.1) is 0 Å². The molecule has 7 aromatic rings. The van der Waals surface area contributed by atoms with E-state index in [9.17, 15) is 0 Å². The molecule has 2 heteroatoms. The maximum Gasteiger partial charge on any atom is 0.0702 e. The third kappa shape index (κ3) is 5.62. The summed E-state index contributed by atoms with van der Waals surface area (Å²) in [5.74, 6) is 0. The molecule has 0 fully saturated rings. The van der Waals surface area contributed by atoms with Gasteiger partial charge >= 0.3 is 0 Å². The highest BCUT2D eigenvalue weighted by Crippen LogP contribution is 2.45. The zero-order chi connectivity index (χ0) is 29.6. The van der Waals surface area contributed by atoms with E-state index >= 15 is 0 Å². The van der Waals surface area contributed by atoms with Crippen molar-refractivity contribution < 1.29 is 0 Å². The summed E-state index contributed by atoms with van der Waals surface area (Å²) >= 11 is 0. The van der Waals surface area contributed by atoms with Crippen LogP contribution in [0.5, 0.6) is 0 Å². The molecule has 0 aliphatic rings. The predicted molar refractivity (Wildman–Crippen MR) is 187 cm³/mol. The van der Waals surface area contributed by atoms with Gasteiger partial charge in [-0.3, -0.25) is 0 Å². The van der Waals surface area contributed by atoms with Crippen molar-refractivity contribution in [2.75, 3.05) is 9.80 Å². The van der Waals surface area contributed by atoms with Crippen LogP contribution >= 0.6 is 0 Å². The second-order valence-electron chi connectivity index (χ2n) is 10.7. The highest BCUT2D eigenvalue weighted by Gasteiger charge is 2.21. The molecule has 0 bridgehead atoms. The molecule has 0 aliphatic carbocycles. The normalized spacial score (nSPS) is 10.7. The molecule has 0 radical (unpaired) electrons. The lowest BCUT2D eigenvalue weighted by molar-refractivity contribution is 1.23. The van der Waals surface area contributed by atoms with Gasteiger partial charge in [0.1, 0.15) is 0 Å². The molecule has 0 amide bonds. The molecule has 0 aliphatic heterocycles. The van der Waals surface area contributed by atoms with E-state index in [0.717, 1.165) is 34.1 Å². The lowest BCUT2D eigenvalue weighted by Crippen LogP contribution is -2.16. The minimum absolute atomic E-state index is 1.08. The highest BCUT2D eigenvalue weighted by atomic mass is 15.2. The highest BCUT2D eigenvalue weighted by molar-refractivity contribution is 5.91. The lowest BCUT2D eigenvalue weighted by Gasteiger charge is -2.33. The summed E-state index contributed by atoms with van der Waals surface area (Å²) in [6.07, 6.45) is 0. The zero-order valence-corrected chi connectivity index (χ0v) is 24.4. The first-order valence-corrected chi connectivity index (χ1v) is 15.0. The van der Waals surface area contributed by atoms with Gasteiger partial charge < -0.3 is 9.80 Å². The Balaban J connectivity index is 1.39. The van der Waals surface area contributed by atoms with Crippen LogP contribution in [-0.4, -0.2) is 0 Å². The number of para-hydroxylation sites is 4. The van der Waals surface area contributed by atoms with E-state index in [-0.39, 0.29) is 0 Å². The molecule has 2 nitrogen and oxygen atoms in total. The Morgan fingerprint density at radius 2 is 0.455 bits per heavy atom. The van der Waals surface area contributed by atoms with Crippen LogP contribution in [0.2, 0.25) is 0 Å². The minimum atomic E-state index is 1.08. The fourth-order valence-electron chi connectivity index (χ4n) is 5.72. The summed E-state index contributed by atoms with van der Waals surface area (Å²) in [5, 5.41) is 0. The Bertz CT molecular complexity index is 1800. The second-order valence-corrected chi connectivity index (χ2v) is 10.7. The number of anilines is 6. The molecule has 0 atom stereocenters. The molecule has 0 aromatic heterocycles. The first kappa shape index (κ1) is 27.0. The van der Waals surface area contributed by atoms with Gasteiger partial charge in [-0.1, -0.05) is 133 Å². The van der Waals surface area contributed by atoms with Crippen LogP contribution in [0, 0.1) is 0 Å². The molecule has 0 heterocycles. The SMILES string of the molecule is c1ccc(-c2ccc(N(c3ccc(-c4ccccc4)cc3)c3ccccc3N(c3ccccc3)c3ccccc3)cc2)cc1. The summed E-state index contributed by atoms with van der Waals surface area (Å²) in [6, 6.07) is 68.6. The quantitative estimate of drug-likeness (QED) is 0.181. The maximum absolute atomic E-state index is 2.36. The van der Waals surface area contributed by atoms with Crippen LogP contribution < -0.4 is 9.80 Å². The number of nitrogens with zero attached hydrogens (tertiary/aromatic N) is 2. The van der Waals surface area contributed by atoms with Gasteiger partial charge in [0.2, 0.25) is 0 Å². The standard InChI is InChI=1S/C42H32N2/c1-5-15-33(16-6-1)35-25-29-39(30-26-35)44(40-31-27-36(28-32-40)34-17-7-2-8-18-34)42-24-14-13-23-41(42)43(37-19-9-3-10-20-37)38-21-11-4-12-22-38/h1-32H. The van der Waals surface area contributed by atoms with Crippen LogP contribution in [0.4, 0.5) is 34.1 Å². The van der Waals surface area contributed by atoms with Crippen molar-refractivity contribution in [2.45, 2.75) is 0 Å². The van der Waals surface area contributed by atoms with Gasteiger partial charge in [-0.2, -0.15) is 0 Å². The van der Waals surface area contributed by atoms with Crippen molar-refractivity contribution in [1.29, 1.82) is 0 Å². The van der Waals surface area contributed by atoms with E-state index in [1.54, 1.807) is 0 Å². The Morgan fingerprint density at radius 1 is 0.205 bits per heavy atom. The summed E-state index contributed by atoms with van der Waals surface area (Å²) in [5.41, 5.74) is 11.3. The second kappa shape index (κ2) is 12.6. The van der Waals surface area contributed by atoms with E-state index in [1.807, 2.05) is 0 Å². The molecular formula is C42H32N2. The van der Waals surface area contributed by atoms with Crippen LogP contribution in [0.1, 0.15) is 0 Å². The van der Waals surface area contributed by atoms with Crippen LogP contribution in [0.25, 0.3) is 22.3 Å². The summed E-state index contributed by atoms with van der Waals surface area (Å²) in [6.45, 7) is 0. The number of benzene rings is 7. The summed E-state index contributed by atoms with van der Waals surface area (Å²) in [7, 11) is 0. The molecule has 44 heavy (non-hydrogen) atoms. The van der Waals surface area contributed by atoms with Crippen LogP contribution in [-0.2, 0) is 0 Å².